The molecule has 0 bridgehead atoms. The smallest absolute Gasteiger partial charge is 0.134 e. The Bertz CT molecular complexity index is 724. The molecule has 2 aromatic rings. The molecule has 0 amide bonds. The first-order valence-electron chi connectivity index (χ1n) is 9.52. The first-order chi connectivity index (χ1) is 12.8. The van der Waals surface area contributed by atoms with Gasteiger partial charge >= 0.3 is 0 Å². The standard InChI is InChI=1S/C20H27N5O/c1-16-4-2-5-17(12-16)24-7-9-25(10-8-24)20-13-19(22-15-23-20)21-14-18-6-3-11-26-18/h2,4-5,12-13,15,18H,3,6-11,14H2,1H3,(H,21,22,23). The fourth-order valence-corrected chi connectivity index (χ4v) is 3.66. The summed E-state index contributed by atoms with van der Waals surface area (Å²) < 4.78 is 5.66. The van der Waals surface area contributed by atoms with Gasteiger partial charge in [0.15, 0.2) is 0 Å². The van der Waals surface area contributed by atoms with Gasteiger partial charge in [-0.15, -0.1) is 0 Å². The van der Waals surface area contributed by atoms with Crippen LogP contribution in [0.4, 0.5) is 17.3 Å². The summed E-state index contributed by atoms with van der Waals surface area (Å²) in [6.45, 7) is 7.79. The number of hydrogen-bond acceptors (Lipinski definition) is 6. The molecule has 2 aliphatic heterocycles. The predicted octanol–water partition coefficient (Wildman–Crippen LogP) is 2.70. The Kier molecular flexibility index (Phi) is 5.20. The minimum absolute atomic E-state index is 0.311. The summed E-state index contributed by atoms with van der Waals surface area (Å²) in [6, 6.07) is 10.8. The molecule has 26 heavy (non-hydrogen) atoms. The SMILES string of the molecule is Cc1cccc(N2CCN(c3cc(NCC4CCCO4)ncn3)CC2)c1. The molecular formula is C20H27N5O. The van der Waals surface area contributed by atoms with Crippen molar-refractivity contribution in [2.45, 2.75) is 25.9 Å². The second-order valence-corrected chi connectivity index (χ2v) is 7.09. The summed E-state index contributed by atoms with van der Waals surface area (Å²) >= 11 is 0. The van der Waals surface area contributed by atoms with Crippen LogP contribution >= 0.6 is 0 Å². The van der Waals surface area contributed by atoms with E-state index in [0.717, 1.165) is 63.8 Å². The highest BCUT2D eigenvalue weighted by atomic mass is 16.5. The zero-order chi connectivity index (χ0) is 17.8. The maximum atomic E-state index is 5.66. The fourth-order valence-electron chi connectivity index (χ4n) is 3.66. The van der Waals surface area contributed by atoms with Gasteiger partial charge in [0.1, 0.15) is 18.0 Å². The van der Waals surface area contributed by atoms with Gasteiger partial charge in [0.05, 0.1) is 6.10 Å². The van der Waals surface area contributed by atoms with Crippen LogP contribution < -0.4 is 15.1 Å². The number of rotatable bonds is 5. The molecule has 3 heterocycles. The first-order valence-corrected chi connectivity index (χ1v) is 9.52. The highest BCUT2D eigenvalue weighted by Crippen LogP contribution is 2.21. The van der Waals surface area contributed by atoms with Crippen molar-refractivity contribution in [1.82, 2.24) is 9.97 Å². The Balaban J connectivity index is 1.34. The van der Waals surface area contributed by atoms with Crippen molar-refractivity contribution >= 4 is 17.3 Å². The summed E-state index contributed by atoms with van der Waals surface area (Å²) in [7, 11) is 0. The third-order valence-electron chi connectivity index (χ3n) is 5.16. The molecule has 1 aromatic carbocycles. The lowest BCUT2D eigenvalue weighted by atomic mass is 10.2. The number of ether oxygens (including phenoxy) is 1. The molecule has 1 atom stereocenters. The predicted molar refractivity (Wildman–Crippen MR) is 105 cm³/mol. The largest absolute Gasteiger partial charge is 0.376 e. The molecule has 2 saturated heterocycles. The molecule has 0 saturated carbocycles. The van der Waals surface area contributed by atoms with E-state index in [0.29, 0.717) is 6.10 Å². The maximum absolute atomic E-state index is 5.66. The normalized spacial score (nSPS) is 20.4. The van der Waals surface area contributed by atoms with E-state index in [-0.39, 0.29) is 0 Å². The Morgan fingerprint density at radius 3 is 2.73 bits per heavy atom. The molecule has 0 spiro atoms. The lowest BCUT2D eigenvalue weighted by molar-refractivity contribution is 0.120. The summed E-state index contributed by atoms with van der Waals surface area (Å²) in [6.07, 6.45) is 4.25. The number of hydrogen-bond donors (Lipinski definition) is 1. The Morgan fingerprint density at radius 2 is 1.96 bits per heavy atom. The molecular weight excluding hydrogens is 326 g/mol. The van der Waals surface area contributed by atoms with Gasteiger partial charge in [0.25, 0.3) is 0 Å². The molecule has 1 N–H and O–H groups in total. The quantitative estimate of drug-likeness (QED) is 0.892. The second kappa shape index (κ2) is 7.91. The van der Waals surface area contributed by atoms with Crippen LogP contribution in [-0.4, -0.2) is 55.4 Å². The van der Waals surface area contributed by atoms with Gasteiger partial charge in [-0.25, -0.2) is 9.97 Å². The molecule has 2 fully saturated rings. The molecule has 6 nitrogen and oxygen atoms in total. The van der Waals surface area contributed by atoms with E-state index in [1.54, 1.807) is 6.33 Å². The van der Waals surface area contributed by atoms with E-state index >= 15 is 0 Å². The molecule has 4 rings (SSSR count). The van der Waals surface area contributed by atoms with E-state index in [9.17, 15) is 0 Å². The van der Waals surface area contributed by atoms with E-state index in [2.05, 4.69) is 62.3 Å². The van der Waals surface area contributed by atoms with E-state index in [1.165, 1.54) is 11.3 Å². The van der Waals surface area contributed by atoms with Gasteiger partial charge in [0.2, 0.25) is 0 Å². The number of aromatic nitrogens is 2. The average molecular weight is 353 g/mol. The van der Waals surface area contributed by atoms with Crippen LogP contribution in [0.15, 0.2) is 36.7 Å². The van der Waals surface area contributed by atoms with Gasteiger partial charge < -0.3 is 19.9 Å². The van der Waals surface area contributed by atoms with Gasteiger partial charge in [-0.05, 0) is 37.5 Å². The Morgan fingerprint density at radius 1 is 1.12 bits per heavy atom. The van der Waals surface area contributed by atoms with Crippen LogP contribution in [0.1, 0.15) is 18.4 Å². The summed E-state index contributed by atoms with van der Waals surface area (Å²) in [5.74, 6) is 1.88. The average Bonchev–Trinajstić information content (AvgIpc) is 3.20. The molecule has 2 aliphatic rings. The molecule has 138 valence electrons. The molecule has 1 unspecified atom stereocenters. The van der Waals surface area contributed by atoms with Gasteiger partial charge in [-0.3, -0.25) is 0 Å². The van der Waals surface area contributed by atoms with Crippen LogP contribution in [0.3, 0.4) is 0 Å². The molecule has 1 aromatic heterocycles. The maximum Gasteiger partial charge on any atom is 0.134 e. The van der Waals surface area contributed by atoms with Crippen molar-refractivity contribution < 1.29 is 4.74 Å². The number of piperazine rings is 1. The molecule has 0 aliphatic carbocycles. The number of nitrogens with one attached hydrogen (secondary N) is 1. The topological polar surface area (TPSA) is 53.5 Å². The zero-order valence-corrected chi connectivity index (χ0v) is 15.4. The fraction of sp³-hybridized carbons (Fsp3) is 0.500. The summed E-state index contributed by atoms with van der Waals surface area (Å²) in [5.41, 5.74) is 2.62. The number of aryl methyl sites for hydroxylation is 1. The molecule has 0 radical (unpaired) electrons. The minimum Gasteiger partial charge on any atom is -0.376 e. The third-order valence-corrected chi connectivity index (χ3v) is 5.16. The van der Waals surface area contributed by atoms with Crippen molar-refractivity contribution in [3.05, 3.63) is 42.2 Å². The van der Waals surface area contributed by atoms with E-state index < -0.39 is 0 Å². The van der Waals surface area contributed by atoms with E-state index in [4.69, 9.17) is 4.74 Å². The highest BCUT2D eigenvalue weighted by molar-refractivity contribution is 5.53. The van der Waals surface area contributed by atoms with Gasteiger partial charge in [0, 0.05) is 51.1 Å². The number of anilines is 3. The van der Waals surface area contributed by atoms with Crippen LogP contribution in [0.25, 0.3) is 0 Å². The molecule has 6 heteroatoms. The Labute approximate surface area is 155 Å². The number of nitrogens with zero attached hydrogens (tertiary/aromatic N) is 4. The number of benzene rings is 1. The zero-order valence-electron chi connectivity index (χ0n) is 15.4. The van der Waals surface area contributed by atoms with Crippen LogP contribution in [0.2, 0.25) is 0 Å². The lowest BCUT2D eigenvalue weighted by Crippen LogP contribution is -2.46. The van der Waals surface area contributed by atoms with Crippen LogP contribution in [-0.2, 0) is 4.74 Å². The first kappa shape index (κ1) is 17.1. The van der Waals surface area contributed by atoms with Crippen molar-refractivity contribution in [2.24, 2.45) is 0 Å². The van der Waals surface area contributed by atoms with Crippen LogP contribution in [0, 0.1) is 6.92 Å². The third kappa shape index (κ3) is 4.07. The summed E-state index contributed by atoms with van der Waals surface area (Å²) in [5, 5.41) is 3.39. The summed E-state index contributed by atoms with van der Waals surface area (Å²) in [4.78, 5) is 13.6. The van der Waals surface area contributed by atoms with Crippen molar-refractivity contribution in [3.8, 4) is 0 Å². The minimum atomic E-state index is 0.311. The van der Waals surface area contributed by atoms with Gasteiger partial charge in [-0.2, -0.15) is 0 Å². The van der Waals surface area contributed by atoms with Crippen molar-refractivity contribution in [1.29, 1.82) is 0 Å². The van der Waals surface area contributed by atoms with E-state index in [1.807, 2.05) is 0 Å². The van der Waals surface area contributed by atoms with Crippen molar-refractivity contribution in [2.75, 3.05) is 54.4 Å². The highest BCUT2D eigenvalue weighted by Gasteiger charge is 2.19. The monoisotopic (exact) mass is 353 g/mol. The lowest BCUT2D eigenvalue weighted by Gasteiger charge is -2.36. The Hall–Kier alpha value is -2.34. The van der Waals surface area contributed by atoms with Crippen LogP contribution in [0.5, 0.6) is 0 Å². The van der Waals surface area contributed by atoms with Gasteiger partial charge in [-0.1, -0.05) is 12.1 Å². The second-order valence-electron chi connectivity index (χ2n) is 7.09. The van der Waals surface area contributed by atoms with Crippen molar-refractivity contribution in [3.63, 3.8) is 0 Å².